The Morgan fingerprint density at radius 2 is 2.04 bits per heavy atom. The van der Waals surface area contributed by atoms with Crippen LogP contribution in [0.5, 0.6) is 11.5 Å². The maximum absolute atomic E-state index is 12.4. The molecule has 0 unspecified atom stereocenters. The van der Waals surface area contributed by atoms with Crippen molar-refractivity contribution in [3.8, 4) is 11.5 Å². The largest absolute Gasteiger partial charge is 0.493 e. The Bertz CT molecular complexity index is 792. The summed E-state index contributed by atoms with van der Waals surface area (Å²) in [6, 6.07) is 3.27. The molecule has 0 radical (unpaired) electrons. The number of carbonyl (C=O) groups is 3. The highest BCUT2D eigenvalue weighted by Crippen LogP contribution is 2.39. The van der Waals surface area contributed by atoms with E-state index in [1.165, 1.54) is 13.2 Å². The van der Waals surface area contributed by atoms with Crippen molar-refractivity contribution in [1.29, 1.82) is 0 Å². The fourth-order valence-corrected chi connectivity index (χ4v) is 3.40. The molecule has 0 bridgehead atoms. The smallest absolute Gasteiger partial charge is 0.326 e. The number of rotatable bonds is 7. The monoisotopic (exact) mass is 413 g/mol. The van der Waals surface area contributed by atoms with E-state index in [9.17, 15) is 14.4 Å². The summed E-state index contributed by atoms with van der Waals surface area (Å²) in [7, 11) is 1.48. The van der Waals surface area contributed by atoms with Gasteiger partial charge in [-0.1, -0.05) is 11.6 Å². The van der Waals surface area contributed by atoms with E-state index in [-0.39, 0.29) is 17.6 Å². The average Bonchev–Trinajstić information content (AvgIpc) is 2.84. The molecule has 1 aromatic rings. The van der Waals surface area contributed by atoms with Crippen LogP contribution in [-0.2, 0) is 14.3 Å². The van der Waals surface area contributed by atoms with Crippen LogP contribution in [0, 0.1) is 0 Å². The Kier molecular flexibility index (Phi) is 7.15. The number of methoxy groups -OCH3 is 1. The van der Waals surface area contributed by atoms with Gasteiger partial charge in [0.15, 0.2) is 11.5 Å². The molecule has 0 spiro atoms. The minimum Gasteiger partial charge on any atom is -0.493 e. The van der Waals surface area contributed by atoms with Gasteiger partial charge in [-0.15, -0.1) is 0 Å². The van der Waals surface area contributed by atoms with Gasteiger partial charge in [0, 0.05) is 0 Å². The molecule has 27 heavy (non-hydrogen) atoms. The number of hydrogen-bond donors (Lipinski definition) is 0. The van der Waals surface area contributed by atoms with Crippen LogP contribution >= 0.6 is 23.4 Å². The van der Waals surface area contributed by atoms with E-state index in [4.69, 9.17) is 25.8 Å². The van der Waals surface area contributed by atoms with Gasteiger partial charge in [-0.2, -0.15) is 0 Å². The first-order chi connectivity index (χ1) is 12.8. The summed E-state index contributed by atoms with van der Waals surface area (Å²) in [5, 5.41) is -0.211. The molecule has 7 nitrogen and oxygen atoms in total. The quantitative estimate of drug-likeness (QED) is 0.497. The first-order valence-electron chi connectivity index (χ1n) is 8.22. The SMILES string of the molecule is CCOC(=O)CN1C(=O)SC(=Cc2cc(Cl)c(OC(C)C)c(OC)c2)C1=O. The molecular weight excluding hydrogens is 394 g/mol. The van der Waals surface area contributed by atoms with Crippen LogP contribution in [-0.4, -0.2) is 48.4 Å². The fraction of sp³-hybridized carbons (Fsp3) is 0.389. The van der Waals surface area contributed by atoms with E-state index in [0.717, 1.165) is 16.7 Å². The number of ether oxygens (including phenoxy) is 3. The second-order valence-electron chi connectivity index (χ2n) is 5.77. The fourth-order valence-electron chi connectivity index (χ4n) is 2.30. The van der Waals surface area contributed by atoms with E-state index < -0.39 is 23.7 Å². The minimum absolute atomic E-state index is 0.0957. The number of halogens is 1. The predicted octanol–water partition coefficient (Wildman–Crippen LogP) is 3.74. The van der Waals surface area contributed by atoms with Crippen molar-refractivity contribution in [3.05, 3.63) is 27.6 Å². The van der Waals surface area contributed by atoms with Crippen molar-refractivity contribution < 1.29 is 28.6 Å². The standard InChI is InChI=1S/C18H20ClNO6S/c1-5-25-15(21)9-20-17(22)14(27-18(20)23)8-11-6-12(19)16(26-10(2)3)13(7-11)24-4/h6-8,10H,5,9H2,1-4H3. The van der Waals surface area contributed by atoms with Gasteiger partial charge in [0.1, 0.15) is 6.54 Å². The predicted molar refractivity (Wildman–Crippen MR) is 103 cm³/mol. The van der Waals surface area contributed by atoms with Gasteiger partial charge in [-0.05, 0) is 56.3 Å². The summed E-state index contributed by atoms with van der Waals surface area (Å²) < 4.78 is 15.7. The third-order valence-electron chi connectivity index (χ3n) is 3.37. The van der Waals surface area contributed by atoms with E-state index in [1.54, 1.807) is 19.1 Å². The first-order valence-corrected chi connectivity index (χ1v) is 9.41. The van der Waals surface area contributed by atoms with Crippen LogP contribution in [0.25, 0.3) is 6.08 Å². The lowest BCUT2D eigenvalue weighted by Gasteiger charge is -2.15. The van der Waals surface area contributed by atoms with Gasteiger partial charge >= 0.3 is 5.97 Å². The van der Waals surface area contributed by atoms with Crippen molar-refractivity contribution in [2.24, 2.45) is 0 Å². The molecule has 1 fully saturated rings. The van der Waals surface area contributed by atoms with Crippen LogP contribution < -0.4 is 9.47 Å². The van der Waals surface area contributed by atoms with Crippen LogP contribution in [0.2, 0.25) is 5.02 Å². The van der Waals surface area contributed by atoms with Crippen molar-refractivity contribution in [2.45, 2.75) is 26.9 Å². The van der Waals surface area contributed by atoms with E-state index in [0.29, 0.717) is 22.1 Å². The lowest BCUT2D eigenvalue weighted by atomic mass is 10.1. The molecule has 0 saturated carbocycles. The second kappa shape index (κ2) is 9.14. The Hall–Kier alpha value is -2.19. The molecule has 1 heterocycles. The topological polar surface area (TPSA) is 82.1 Å². The van der Waals surface area contributed by atoms with Crippen LogP contribution in [0.1, 0.15) is 26.3 Å². The summed E-state index contributed by atoms with van der Waals surface area (Å²) >= 11 is 7.02. The van der Waals surface area contributed by atoms with Gasteiger partial charge < -0.3 is 14.2 Å². The number of carbonyl (C=O) groups excluding carboxylic acids is 3. The molecule has 1 saturated heterocycles. The van der Waals surface area contributed by atoms with Crippen molar-refractivity contribution in [3.63, 3.8) is 0 Å². The second-order valence-corrected chi connectivity index (χ2v) is 7.17. The third kappa shape index (κ3) is 5.17. The normalized spacial score (nSPS) is 15.6. The molecule has 0 N–H and O–H groups in total. The van der Waals surface area contributed by atoms with Gasteiger partial charge in [-0.3, -0.25) is 19.3 Å². The van der Waals surface area contributed by atoms with Gasteiger partial charge in [-0.25, -0.2) is 0 Å². The third-order valence-corrected chi connectivity index (χ3v) is 4.56. The van der Waals surface area contributed by atoms with Crippen LogP contribution in [0.15, 0.2) is 17.0 Å². The van der Waals surface area contributed by atoms with Crippen molar-refractivity contribution in [2.75, 3.05) is 20.3 Å². The number of imide groups is 1. The molecule has 0 atom stereocenters. The molecule has 2 rings (SSSR count). The molecule has 146 valence electrons. The summed E-state index contributed by atoms with van der Waals surface area (Å²) in [5.74, 6) is -0.383. The highest BCUT2D eigenvalue weighted by Gasteiger charge is 2.36. The zero-order chi connectivity index (χ0) is 20.1. The Balaban J connectivity index is 2.28. The lowest BCUT2D eigenvalue weighted by Crippen LogP contribution is -2.34. The number of thioether (sulfide) groups is 1. The average molecular weight is 414 g/mol. The van der Waals surface area contributed by atoms with Gasteiger partial charge in [0.2, 0.25) is 0 Å². The summed E-state index contributed by atoms with van der Waals surface area (Å²) in [5.41, 5.74) is 0.564. The molecule has 0 aliphatic carbocycles. The molecule has 9 heteroatoms. The van der Waals surface area contributed by atoms with Crippen LogP contribution in [0.4, 0.5) is 4.79 Å². The zero-order valence-corrected chi connectivity index (χ0v) is 17.0. The highest BCUT2D eigenvalue weighted by molar-refractivity contribution is 8.18. The maximum Gasteiger partial charge on any atom is 0.326 e. The minimum atomic E-state index is -0.638. The van der Waals surface area contributed by atoms with Crippen molar-refractivity contribution in [1.82, 2.24) is 4.90 Å². The number of nitrogens with zero attached hydrogens (tertiary/aromatic N) is 1. The van der Waals surface area contributed by atoms with Crippen molar-refractivity contribution >= 4 is 46.6 Å². The van der Waals surface area contributed by atoms with E-state index >= 15 is 0 Å². The molecule has 0 aromatic heterocycles. The lowest BCUT2D eigenvalue weighted by molar-refractivity contribution is -0.145. The Labute approximate surface area is 166 Å². The Morgan fingerprint density at radius 1 is 1.33 bits per heavy atom. The molecule has 1 aliphatic heterocycles. The summed E-state index contributed by atoms with van der Waals surface area (Å²) in [6.07, 6.45) is 1.42. The first kappa shape index (κ1) is 21.1. The molecule has 1 aromatic carbocycles. The molecular formula is C18H20ClNO6S. The molecule has 1 aliphatic rings. The maximum atomic E-state index is 12.4. The summed E-state index contributed by atoms with van der Waals surface area (Å²) in [6.45, 7) is 5.14. The van der Waals surface area contributed by atoms with E-state index in [1.807, 2.05) is 13.8 Å². The van der Waals surface area contributed by atoms with E-state index in [2.05, 4.69) is 0 Å². The van der Waals surface area contributed by atoms with Crippen LogP contribution in [0.3, 0.4) is 0 Å². The number of benzene rings is 1. The van der Waals surface area contributed by atoms with Gasteiger partial charge in [0.05, 0.1) is 29.7 Å². The molecule has 2 amide bonds. The number of hydrogen-bond acceptors (Lipinski definition) is 7. The summed E-state index contributed by atoms with van der Waals surface area (Å²) in [4.78, 5) is 37.1. The highest BCUT2D eigenvalue weighted by atomic mass is 35.5. The zero-order valence-electron chi connectivity index (χ0n) is 15.4. The van der Waals surface area contributed by atoms with Gasteiger partial charge in [0.25, 0.3) is 11.1 Å². The Morgan fingerprint density at radius 3 is 2.63 bits per heavy atom. The number of esters is 1. The number of amides is 2.